The van der Waals surface area contributed by atoms with E-state index in [1.807, 2.05) is 31.3 Å². The van der Waals surface area contributed by atoms with Gasteiger partial charge >= 0.3 is 5.97 Å². The zero-order valence-electron chi connectivity index (χ0n) is 11.5. The first-order chi connectivity index (χ1) is 10.1. The van der Waals surface area contributed by atoms with E-state index in [1.165, 1.54) is 0 Å². The van der Waals surface area contributed by atoms with Crippen molar-refractivity contribution in [3.8, 4) is 11.5 Å². The lowest BCUT2D eigenvalue weighted by atomic mass is 10.2. The number of fused-ring (bicyclic) bond motifs is 1. The predicted octanol–water partition coefficient (Wildman–Crippen LogP) is 1.55. The van der Waals surface area contributed by atoms with Gasteiger partial charge < -0.3 is 5.11 Å². The average molecular weight is 303 g/mol. The summed E-state index contributed by atoms with van der Waals surface area (Å²) in [5, 5.41) is 19.1. The number of hydrogen-bond donors (Lipinski definition) is 1. The fourth-order valence-corrected chi connectivity index (χ4v) is 2.73. The zero-order valence-corrected chi connectivity index (χ0v) is 12.3. The molecule has 7 nitrogen and oxygen atoms in total. The lowest BCUT2D eigenvalue weighted by Crippen LogP contribution is -2.00. The van der Waals surface area contributed by atoms with Gasteiger partial charge in [-0.25, -0.2) is 4.68 Å². The molecule has 0 aliphatic carbocycles. The van der Waals surface area contributed by atoms with Gasteiger partial charge in [-0.15, -0.1) is 5.10 Å². The maximum Gasteiger partial charge on any atom is 0.313 e. The van der Waals surface area contributed by atoms with Crippen molar-refractivity contribution in [2.75, 3.05) is 5.75 Å². The Labute approximate surface area is 124 Å². The van der Waals surface area contributed by atoms with Crippen molar-refractivity contribution >= 4 is 28.6 Å². The van der Waals surface area contributed by atoms with Crippen LogP contribution < -0.4 is 0 Å². The third-order valence-electron chi connectivity index (χ3n) is 3.02. The first kappa shape index (κ1) is 13.6. The topological polar surface area (TPSA) is 85.8 Å². The Hall–Kier alpha value is -2.35. The lowest BCUT2D eigenvalue weighted by molar-refractivity contribution is -0.133. The molecule has 0 aliphatic rings. The van der Waals surface area contributed by atoms with Crippen molar-refractivity contribution in [3.05, 3.63) is 24.3 Å². The highest BCUT2D eigenvalue weighted by molar-refractivity contribution is 7.99. The van der Waals surface area contributed by atoms with E-state index in [1.54, 1.807) is 16.4 Å². The van der Waals surface area contributed by atoms with E-state index in [9.17, 15) is 4.79 Å². The molecular formula is C13H13N5O2S. The number of benzene rings is 1. The van der Waals surface area contributed by atoms with Gasteiger partial charge in [0.15, 0.2) is 5.16 Å². The molecule has 0 spiro atoms. The second-order valence-electron chi connectivity index (χ2n) is 4.51. The Morgan fingerprint density at radius 1 is 1.24 bits per heavy atom. The Balaban J connectivity index is 2.03. The standard InChI is InChI=1S/C13H13N5O2S/c1-17-9-6-4-3-5-8(9)11(15-17)12-14-13(18(2)16-12)21-7-10(19)20/h3-6H,7H2,1-2H3,(H,19,20). The molecule has 3 rings (SSSR count). The lowest BCUT2D eigenvalue weighted by Gasteiger charge is -1.94. The van der Waals surface area contributed by atoms with Crippen LogP contribution in [0.15, 0.2) is 29.4 Å². The molecular weight excluding hydrogens is 290 g/mol. The largest absolute Gasteiger partial charge is 0.481 e. The summed E-state index contributed by atoms with van der Waals surface area (Å²) in [5.74, 6) is -0.426. The molecule has 0 aliphatic heterocycles. The number of aliphatic carboxylic acids is 1. The smallest absolute Gasteiger partial charge is 0.313 e. The van der Waals surface area contributed by atoms with Crippen LogP contribution in [-0.2, 0) is 18.9 Å². The second-order valence-corrected chi connectivity index (χ2v) is 5.46. The third kappa shape index (κ3) is 2.49. The summed E-state index contributed by atoms with van der Waals surface area (Å²) in [6, 6.07) is 7.84. The van der Waals surface area contributed by atoms with Crippen LogP contribution in [0.5, 0.6) is 0 Å². The molecule has 0 saturated carbocycles. The van der Waals surface area contributed by atoms with E-state index < -0.39 is 5.97 Å². The molecule has 1 aromatic carbocycles. The maximum absolute atomic E-state index is 10.6. The van der Waals surface area contributed by atoms with Crippen molar-refractivity contribution in [1.29, 1.82) is 0 Å². The molecule has 21 heavy (non-hydrogen) atoms. The number of nitrogens with zero attached hydrogens (tertiary/aromatic N) is 5. The molecule has 0 fully saturated rings. The van der Waals surface area contributed by atoms with E-state index in [2.05, 4.69) is 15.2 Å². The Bertz CT molecular complexity index is 823. The Morgan fingerprint density at radius 3 is 2.76 bits per heavy atom. The van der Waals surface area contributed by atoms with E-state index >= 15 is 0 Å². The number of carbonyl (C=O) groups is 1. The van der Waals surface area contributed by atoms with Crippen LogP contribution in [0.4, 0.5) is 0 Å². The summed E-state index contributed by atoms with van der Waals surface area (Å²) in [4.78, 5) is 15.0. The summed E-state index contributed by atoms with van der Waals surface area (Å²) < 4.78 is 3.36. The van der Waals surface area contributed by atoms with Crippen molar-refractivity contribution in [1.82, 2.24) is 24.5 Å². The summed E-state index contributed by atoms with van der Waals surface area (Å²) >= 11 is 1.14. The number of hydrogen-bond acceptors (Lipinski definition) is 5. The van der Waals surface area contributed by atoms with Crippen LogP contribution in [0.25, 0.3) is 22.4 Å². The fourth-order valence-electron chi connectivity index (χ4n) is 2.10. The molecule has 1 N–H and O–H groups in total. The summed E-state index contributed by atoms with van der Waals surface area (Å²) in [7, 11) is 3.61. The second kappa shape index (κ2) is 5.21. The van der Waals surface area contributed by atoms with Crippen LogP contribution in [0.3, 0.4) is 0 Å². The van der Waals surface area contributed by atoms with Crippen molar-refractivity contribution in [3.63, 3.8) is 0 Å². The quantitative estimate of drug-likeness (QED) is 0.736. The Kier molecular flexibility index (Phi) is 3.38. The summed E-state index contributed by atoms with van der Waals surface area (Å²) in [6.07, 6.45) is 0. The molecule has 108 valence electrons. The minimum absolute atomic E-state index is 0.0467. The molecule has 0 unspecified atom stereocenters. The molecule has 0 saturated heterocycles. The van der Waals surface area contributed by atoms with Crippen LogP contribution in [0, 0.1) is 0 Å². The number of carboxylic acid groups (broad SMARTS) is 1. The molecule has 3 aromatic rings. The Morgan fingerprint density at radius 2 is 2.00 bits per heavy atom. The van der Waals surface area contributed by atoms with E-state index in [4.69, 9.17) is 5.11 Å². The molecule has 2 aromatic heterocycles. The van der Waals surface area contributed by atoms with Crippen LogP contribution in [-0.4, -0.2) is 41.4 Å². The van der Waals surface area contributed by atoms with E-state index in [0.29, 0.717) is 16.7 Å². The van der Waals surface area contributed by atoms with Crippen LogP contribution in [0.2, 0.25) is 0 Å². The minimum atomic E-state index is -0.882. The monoisotopic (exact) mass is 303 g/mol. The van der Waals surface area contributed by atoms with Gasteiger partial charge in [-0.2, -0.15) is 10.1 Å². The van der Waals surface area contributed by atoms with Gasteiger partial charge in [0.05, 0.1) is 11.3 Å². The third-order valence-corrected chi connectivity index (χ3v) is 4.02. The highest BCUT2D eigenvalue weighted by Crippen LogP contribution is 2.26. The van der Waals surface area contributed by atoms with Gasteiger partial charge in [-0.1, -0.05) is 30.0 Å². The zero-order chi connectivity index (χ0) is 15.0. The van der Waals surface area contributed by atoms with Crippen molar-refractivity contribution < 1.29 is 9.90 Å². The molecule has 0 atom stereocenters. The van der Waals surface area contributed by atoms with Gasteiger partial charge in [-0.05, 0) is 6.07 Å². The van der Waals surface area contributed by atoms with Crippen molar-refractivity contribution in [2.45, 2.75) is 5.16 Å². The van der Waals surface area contributed by atoms with Crippen molar-refractivity contribution in [2.24, 2.45) is 14.1 Å². The summed E-state index contributed by atoms with van der Waals surface area (Å²) in [5.41, 5.74) is 1.70. The van der Waals surface area contributed by atoms with Gasteiger partial charge in [-0.3, -0.25) is 9.48 Å². The molecule has 8 heteroatoms. The first-order valence-electron chi connectivity index (χ1n) is 6.24. The number of aromatic nitrogens is 5. The number of para-hydroxylation sites is 1. The molecule has 2 heterocycles. The number of aryl methyl sites for hydroxylation is 2. The number of rotatable bonds is 4. The molecule has 0 amide bonds. The fraction of sp³-hybridized carbons (Fsp3) is 0.231. The van der Waals surface area contributed by atoms with Crippen LogP contribution in [0.1, 0.15) is 0 Å². The molecule has 0 bridgehead atoms. The summed E-state index contributed by atoms with van der Waals surface area (Å²) in [6.45, 7) is 0. The SMILES string of the molecule is Cn1nc(-c2nn(C)c3ccccc23)nc1SCC(=O)O. The maximum atomic E-state index is 10.6. The van der Waals surface area contributed by atoms with Gasteiger partial charge in [0, 0.05) is 19.5 Å². The molecule has 0 radical (unpaired) electrons. The van der Waals surface area contributed by atoms with E-state index in [-0.39, 0.29) is 5.75 Å². The normalized spacial score (nSPS) is 11.1. The van der Waals surface area contributed by atoms with E-state index in [0.717, 1.165) is 22.7 Å². The average Bonchev–Trinajstić information content (AvgIpc) is 2.98. The highest BCUT2D eigenvalue weighted by Gasteiger charge is 2.17. The van der Waals surface area contributed by atoms with Crippen LogP contribution >= 0.6 is 11.8 Å². The van der Waals surface area contributed by atoms with Gasteiger partial charge in [0.25, 0.3) is 0 Å². The number of carboxylic acids is 1. The minimum Gasteiger partial charge on any atom is -0.481 e. The van der Waals surface area contributed by atoms with Gasteiger partial charge in [0.2, 0.25) is 5.82 Å². The van der Waals surface area contributed by atoms with Gasteiger partial charge in [0.1, 0.15) is 5.69 Å². The number of thioether (sulfide) groups is 1. The first-order valence-corrected chi connectivity index (χ1v) is 7.22. The highest BCUT2D eigenvalue weighted by atomic mass is 32.2. The predicted molar refractivity (Wildman–Crippen MR) is 79.1 cm³/mol.